The molecule has 4 rings (SSSR count). The number of nitrogen functional groups attached to an aromatic ring is 1. The fraction of sp³-hybridized carbons (Fsp3) is 0.240. The Morgan fingerprint density at radius 3 is 2.84 bits per heavy atom. The highest BCUT2D eigenvalue weighted by Gasteiger charge is 2.19. The molecule has 0 aliphatic carbocycles. The Kier molecular flexibility index (Phi) is 6.95. The molecule has 1 aromatic carbocycles. The fourth-order valence-corrected chi connectivity index (χ4v) is 3.80. The third kappa shape index (κ3) is 6.32. The second-order valence-electron chi connectivity index (χ2n) is 7.95. The largest absolute Gasteiger partial charge is 0.494 e. The smallest absolute Gasteiger partial charge is 0.254 e. The van der Waals surface area contributed by atoms with Gasteiger partial charge in [-0.1, -0.05) is 17.7 Å². The van der Waals surface area contributed by atoms with E-state index >= 15 is 0 Å². The van der Waals surface area contributed by atoms with Gasteiger partial charge in [-0.2, -0.15) is 5.10 Å². The third-order valence-corrected chi connectivity index (χ3v) is 5.51. The summed E-state index contributed by atoms with van der Waals surface area (Å²) in [5, 5.41) is 9.63. The van der Waals surface area contributed by atoms with Crippen LogP contribution in [0.4, 0.5) is 17.2 Å². The van der Waals surface area contributed by atoms with Crippen molar-refractivity contribution in [1.29, 1.82) is 0 Å². The normalized spacial score (nSPS) is 12.4. The van der Waals surface area contributed by atoms with Crippen LogP contribution in [-0.2, 0) is 24.8 Å². The highest BCUT2D eigenvalue weighted by atomic mass is 35.5. The van der Waals surface area contributed by atoms with Crippen molar-refractivity contribution in [3.63, 3.8) is 0 Å². The Hall–Kier alpha value is -4.22. The molecule has 4 aromatic rings. The quantitative estimate of drug-likeness (QED) is 0.210. The molecule has 0 fully saturated rings. The zero-order valence-corrected chi connectivity index (χ0v) is 20.9. The standard InChI is InChI=1S/C25H27ClN8O3/c1-28-25(35)18-12-29-21(26)11-19(18)32-20-10-15(7-8-37-13-16-5-4-6-22(27)31-16)9-17(23(20)36-3)24-30-14-34(2)33-24/h4-6,9-12,14H,7-8,13H2,1-3H3,(H2,27,31)(H,28,35)(H,29,32)/i1D3. The van der Waals surface area contributed by atoms with Crippen LogP contribution in [0.15, 0.2) is 48.9 Å². The van der Waals surface area contributed by atoms with E-state index < -0.39 is 12.9 Å². The predicted molar refractivity (Wildman–Crippen MR) is 141 cm³/mol. The van der Waals surface area contributed by atoms with Gasteiger partial charge in [-0.3, -0.25) is 9.48 Å². The van der Waals surface area contributed by atoms with Crippen molar-refractivity contribution in [3.05, 3.63) is 70.9 Å². The van der Waals surface area contributed by atoms with E-state index in [0.717, 1.165) is 5.56 Å². The van der Waals surface area contributed by atoms with Crippen molar-refractivity contribution in [2.75, 3.05) is 31.7 Å². The van der Waals surface area contributed by atoms with Crippen LogP contribution in [-0.4, -0.2) is 51.3 Å². The molecule has 0 aliphatic heterocycles. The number of ether oxygens (including phenoxy) is 2. The summed E-state index contributed by atoms with van der Waals surface area (Å²) < 4.78 is 35.3. The summed E-state index contributed by atoms with van der Waals surface area (Å²) >= 11 is 6.12. The summed E-state index contributed by atoms with van der Waals surface area (Å²) in [4.78, 5) is 25.3. The van der Waals surface area contributed by atoms with Gasteiger partial charge in [-0.25, -0.2) is 15.0 Å². The summed E-state index contributed by atoms with van der Waals surface area (Å²) in [6, 6.07) is 10.5. The second-order valence-corrected chi connectivity index (χ2v) is 8.34. The number of aryl methyl sites for hydroxylation is 1. The SMILES string of the molecule is [2H]C([2H])([2H])NC(=O)c1cnc(Cl)cc1Nc1cc(CCOCc2cccc(N)n2)cc(-c2ncn(C)n2)c1OC. The van der Waals surface area contributed by atoms with Crippen molar-refractivity contribution in [1.82, 2.24) is 30.0 Å². The molecular formula is C25H27ClN8O3. The van der Waals surface area contributed by atoms with Crippen LogP contribution in [0.3, 0.4) is 0 Å². The van der Waals surface area contributed by atoms with Gasteiger partial charge in [0.15, 0.2) is 11.6 Å². The van der Waals surface area contributed by atoms with Gasteiger partial charge < -0.3 is 25.8 Å². The van der Waals surface area contributed by atoms with E-state index in [0.29, 0.717) is 54.0 Å². The topological polar surface area (TPSA) is 142 Å². The van der Waals surface area contributed by atoms with Crippen LogP contribution in [0.1, 0.15) is 25.7 Å². The molecule has 0 aliphatic rings. The number of anilines is 3. The number of hydrogen-bond donors (Lipinski definition) is 3. The molecule has 37 heavy (non-hydrogen) atoms. The summed E-state index contributed by atoms with van der Waals surface area (Å²) in [6.45, 7) is -2.03. The minimum absolute atomic E-state index is 0.0246. The maximum atomic E-state index is 12.7. The van der Waals surface area contributed by atoms with Crippen molar-refractivity contribution < 1.29 is 18.4 Å². The zero-order valence-electron chi connectivity index (χ0n) is 23.2. The number of carbonyl (C=O) groups excluding carboxylic acids is 1. The number of amides is 1. The number of carbonyl (C=O) groups is 1. The van der Waals surface area contributed by atoms with E-state index in [4.69, 9.17) is 30.9 Å². The highest BCUT2D eigenvalue weighted by Crippen LogP contribution is 2.39. The molecule has 0 atom stereocenters. The fourth-order valence-electron chi connectivity index (χ4n) is 3.65. The van der Waals surface area contributed by atoms with Crippen LogP contribution in [0.25, 0.3) is 11.4 Å². The first kappa shape index (κ1) is 22.0. The number of nitrogens with zero attached hydrogens (tertiary/aromatic N) is 5. The lowest BCUT2D eigenvalue weighted by Crippen LogP contribution is -2.19. The van der Waals surface area contributed by atoms with E-state index in [2.05, 4.69) is 25.4 Å². The van der Waals surface area contributed by atoms with Crippen LogP contribution in [0.2, 0.25) is 5.15 Å². The molecule has 4 N–H and O–H groups in total. The predicted octanol–water partition coefficient (Wildman–Crippen LogP) is 3.38. The lowest BCUT2D eigenvalue weighted by molar-refractivity contribution is 0.0963. The number of nitrogens with two attached hydrogens (primary N) is 1. The third-order valence-electron chi connectivity index (χ3n) is 5.30. The molecule has 0 spiro atoms. The molecule has 0 bridgehead atoms. The summed E-state index contributed by atoms with van der Waals surface area (Å²) in [6.07, 6.45) is 3.27. The lowest BCUT2D eigenvalue weighted by Gasteiger charge is -2.18. The van der Waals surface area contributed by atoms with E-state index in [-0.39, 0.29) is 16.4 Å². The minimum Gasteiger partial charge on any atom is -0.494 e. The van der Waals surface area contributed by atoms with Crippen molar-refractivity contribution in [2.45, 2.75) is 13.0 Å². The summed E-state index contributed by atoms with van der Waals surface area (Å²) in [5.41, 5.74) is 8.56. The summed E-state index contributed by atoms with van der Waals surface area (Å²) in [7, 11) is 3.25. The first-order valence-corrected chi connectivity index (χ1v) is 11.5. The zero-order chi connectivity index (χ0) is 28.9. The molecule has 3 aromatic heterocycles. The minimum atomic E-state index is -2.69. The maximum Gasteiger partial charge on any atom is 0.254 e. The van der Waals surface area contributed by atoms with Gasteiger partial charge in [0, 0.05) is 24.3 Å². The van der Waals surface area contributed by atoms with Gasteiger partial charge in [-0.05, 0) is 42.3 Å². The molecule has 12 heteroatoms. The average Bonchev–Trinajstić information content (AvgIpc) is 3.31. The van der Waals surface area contributed by atoms with E-state index in [1.165, 1.54) is 19.4 Å². The van der Waals surface area contributed by atoms with Gasteiger partial charge in [0.1, 0.15) is 17.3 Å². The van der Waals surface area contributed by atoms with Crippen LogP contribution in [0.5, 0.6) is 5.75 Å². The van der Waals surface area contributed by atoms with Gasteiger partial charge in [0.2, 0.25) is 0 Å². The Bertz CT molecular complexity index is 1510. The number of benzene rings is 1. The van der Waals surface area contributed by atoms with E-state index in [1.54, 1.807) is 24.1 Å². The molecular weight excluding hydrogens is 496 g/mol. The molecule has 0 saturated carbocycles. The van der Waals surface area contributed by atoms with Gasteiger partial charge in [-0.15, -0.1) is 0 Å². The highest BCUT2D eigenvalue weighted by molar-refractivity contribution is 6.29. The van der Waals surface area contributed by atoms with Crippen LogP contribution < -0.4 is 21.1 Å². The van der Waals surface area contributed by atoms with Crippen LogP contribution in [0, 0.1) is 0 Å². The first-order valence-electron chi connectivity index (χ1n) is 12.6. The molecule has 0 saturated heterocycles. The number of pyridine rings is 2. The number of rotatable bonds is 10. The number of nitrogens with one attached hydrogen (secondary N) is 2. The second kappa shape index (κ2) is 11.7. The van der Waals surface area contributed by atoms with Gasteiger partial charge in [0.25, 0.3) is 5.91 Å². The monoisotopic (exact) mass is 525 g/mol. The van der Waals surface area contributed by atoms with Crippen molar-refractivity contribution >= 4 is 34.7 Å². The van der Waals surface area contributed by atoms with Crippen molar-refractivity contribution in [3.8, 4) is 17.1 Å². The number of hydrogen-bond acceptors (Lipinski definition) is 9. The number of halogens is 1. The molecule has 0 unspecified atom stereocenters. The molecule has 1 amide bonds. The van der Waals surface area contributed by atoms with Gasteiger partial charge >= 0.3 is 0 Å². The Labute approximate surface area is 223 Å². The lowest BCUT2D eigenvalue weighted by atomic mass is 10.0. The molecule has 0 radical (unpaired) electrons. The Morgan fingerprint density at radius 1 is 1.24 bits per heavy atom. The molecule has 192 valence electrons. The van der Waals surface area contributed by atoms with Crippen LogP contribution >= 0.6 is 11.6 Å². The Morgan fingerprint density at radius 2 is 2.11 bits per heavy atom. The van der Waals surface area contributed by atoms with Crippen molar-refractivity contribution in [2.24, 2.45) is 7.05 Å². The molecule has 3 heterocycles. The number of methoxy groups -OCH3 is 1. The average molecular weight is 526 g/mol. The first-order chi connectivity index (χ1) is 19.0. The summed E-state index contributed by atoms with van der Waals surface area (Å²) in [5.74, 6) is 0.386. The van der Waals surface area contributed by atoms with E-state index in [1.807, 2.05) is 29.6 Å². The molecule has 11 nitrogen and oxygen atoms in total. The Balaban J connectivity index is 1.67. The van der Waals surface area contributed by atoms with Gasteiger partial charge in [0.05, 0.1) is 48.5 Å². The van der Waals surface area contributed by atoms with E-state index in [9.17, 15) is 4.79 Å². The maximum absolute atomic E-state index is 12.7. The number of aromatic nitrogens is 5.